The Balaban J connectivity index is 2.42. The molecule has 0 amide bonds. The van der Waals surface area contributed by atoms with Gasteiger partial charge in [-0.05, 0) is 25.3 Å². The van der Waals surface area contributed by atoms with Crippen molar-refractivity contribution in [1.82, 2.24) is 5.32 Å². The van der Waals surface area contributed by atoms with E-state index in [4.69, 9.17) is 0 Å². The lowest BCUT2D eigenvalue weighted by Crippen LogP contribution is -2.38. The van der Waals surface area contributed by atoms with Gasteiger partial charge in [-0.15, -0.1) is 0 Å². The van der Waals surface area contributed by atoms with Crippen LogP contribution in [0.1, 0.15) is 33.1 Å². The highest BCUT2D eigenvalue weighted by atomic mass is 14.9. The second kappa shape index (κ2) is 3.38. The third-order valence-electron chi connectivity index (χ3n) is 3.08. The van der Waals surface area contributed by atoms with Crippen molar-refractivity contribution in [2.24, 2.45) is 11.8 Å². The van der Waals surface area contributed by atoms with Crippen LogP contribution in [0.3, 0.4) is 0 Å². The maximum absolute atomic E-state index is 3.38. The molecular weight excluding hydrogens is 122 g/mol. The summed E-state index contributed by atoms with van der Waals surface area (Å²) in [5.41, 5.74) is 0. The Morgan fingerprint density at radius 3 is 2.40 bits per heavy atom. The molecule has 1 heteroatoms. The zero-order valence-corrected chi connectivity index (χ0v) is 7.35. The highest BCUT2D eigenvalue weighted by Gasteiger charge is 2.25. The van der Waals surface area contributed by atoms with Crippen molar-refractivity contribution < 1.29 is 0 Å². The molecule has 10 heavy (non-hydrogen) atoms. The fraction of sp³-hybridized carbons (Fsp3) is 1.00. The van der Waals surface area contributed by atoms with Gasteiger partial charge in [0.15, 0.2) is 0 Å². The second-order valence-corrected chi connectivity index (χ2v) is 3.66. The minimum absolute atomic E-state index is 0.781. The molecule has 1 fully saturated rings. The molecule has 0 spiro atoms. The van der Waals surface area contributed by atoms with Crippen molar-refractivity contribution in [1.29, 1.82) is 0 Å². The Labute approximate surface area is 64.2 Å². The Morgan fingerprint density at radius 1 is 1.20 bits per heavy atom. The van der Waals surface area contributed by atoms with Gasteiger partial charge >= 0.3 is 0 Å². The predicted molar refractivity (Wildman–Crippen MR) is 45.0 cm³/mol. The van der Waals surface area contributed by atoms with E-state index >= 15 is 0 Å². The first-order valence-electron chi connectivity index (χ1n) is 4.43. The normalized spacial score (nSPS) is 41.7. The number of nitrogens with one attached hydrogen (secondary N) is 1. The summed E-state index contributed by atoms with van der Waals surface area (Å²) in [4.78, 5) is 0. The van der Waals surface area contributed by atoms with Crippen LogP contribution in [0.2, 0.25) is 0 Å². The topological polar surface area (TPSA) is 12.0 Å². The van der Waals surface area contributed by atoms with Gasteiger partial charge < -0.3 is 5.32 Å². The van der Waals surface area contributed by atoms with Crippen molar-refractivity contribution in [3.05, 3.63) is 0 Å². The zero-order valence-electron chi connectivity index (χ0n) is 7.35. The molecule has 1 aliphatic carbocycles. The highest BCUT2D eigenvalue weighted by molar-refractivity contribution is 4.80. The molecule has 0 unspecified atom stereocenters. The summed E-state index contributed by atoms with van der Waals surface area (Å²) < 4.78 is 0. The maximum Gasteiger partial charge on any atom is 0.00922 e. The van der Waals surface area contributed by atoms with E-state index in [1.807, 2.05) is 0 Å². The average molecular weight is 141 g/mol. The van der Waals surface area contributed by atoms with Crippen LogP contribution in [0.5, 0.6) is 0 Å². The Hall–Kier alpha value is -0.0400. The summed E-state index contributed by atoms with van der Waals surface area (Å²) in [5.74, 6) is 1.80. The smallest absolute Gasteiger partial charge is 0.00922 e. The van der Waals surface area contributed by atoms with Crippen LogP contribution in [-0.4, -0.2) is 13.1 Å². The molecule has 3 atom stereocenters. The van der Waals surface area contributed by atoms with Gasteiger partial charge in [0, 0.05) is 6.04 Å². The van der Waals surface area contributed by atoms with E-state index in [2.05, 4.69) is 26.2 Å². The molecule has 0 heterocycles. The van der Waals surface area contributed by atoms with Gasteiger partial charge in [-0.25, -0.2) is 0 Å². The molecule has 0 bridgehead atoms. The van der Waals surface area contributed by atoms with E-state index in [1.54, 1.807) is 0 Å². The largest absolute Gasteiger partial charge is 0.317 e. The lowest BCUT2D eigenvalue weighted by Gasteiger charge is -2.33. The van der Waals surface area contributed by atoms with Gasteiger partial charge in [-0.1, -0.05) is 26.7 Å². The summed E-state index contributed by atoms with van der Waals surface area (Å²) in [7, 11) is 2.08. The quantitative estimate of drug-likeness (QED) is 0.589. The minimum atomic E-state index is 0.781. The van der Waals surface area contributed by atoms with Crippen molar-refractivity contribution in [3.8, 4) is 0 Å². The van der Waals surface area contributed by atoms with Crippen LogP contribution in [-0.2, 0) is 0 Å². The molecule has 1 nitrogen and oxygen atoms in total. The second-order valence-electron chi connectivity index (χ2n) is 3.66. The molecule has 0 aromatic rings. The molecule has 0 aromatic carbocycles. The Bertz CT molecular complexity index is 101. The van der Waals surface area contributed by atoms with Crippen LogP contribution in [0.25, 0.3) is 0 Å². The van der Waals surface area contributed by atoms with Crippen LogP contribution in [0.4, 0.5) is 0 Å². The minimum Gasteiger partial charge on any atom is -0.317 e. The molecule has 0 aromatic heterocycles. The van der Waals surface area contributed by atoms with Gasteiger partial charge in [-0.2, -0.15) is 0 Å². The molecule has 1 aliphatic rings. The van der Waals surface area contributed by atoms with Crippen molar-refractivity contribution in [2.45, 2.75) is 39.2 Å². The summed E-state index contributed by atoms with van der Waals surface area (Å²) in [6.07, 6.45) is 4.22. The van der Waals surface area contributed by atoms with Crippen LogP contribution >= 0.6 is 0 Å². The van der Waals surface area contributed by atoms with Gasteiger partial charge in [-0.3, -0.25) is 0 Å². The predicted octanol–water partition coefficient (Wildman–Crippen LogP) is 2.03. The summed E-state index contributed by atoms with van der Waals surface area (Å²) >= 11 is 0. The maximum atomic E-state index is 3.38. The molecule has 0 aliphatic heterocycles. The number of hydrogen-bond acceptors (Lipinski definition) is 1. The molecule has 1 saturated carbocycles. The molecule has 1 N–H and O–H groups in total. The third-order valence-corrected chi connectivity index (χ3v) is 3.08. The SMILES string of the molecule is CN[C@@H]1CCC[C@@H](C)[C@H]1C. The summed E-state index contributed by atoms with van der Waals surface area (Å²) in [6, 6.07) is 0.781. The highest BCUT2D eigenvalue weighted by Crippen LogP contribution is 2.28. The van der Waals surface area contributed by atoms with Crippen LogP contribution in [0.15, 0.2) is 0 Å². The third kappa shape index (κ3) is 1.51. The van der Waals surface area contributed by atoms with E-state index in [0.29, 0.717) is 0 Å². The number of rotatable bonds is 1. The van der Waals surface area contributed by atoms with E-state index in [-0.39, 0.29) is 0 Å². The summed E-state index contributed by atoms with van der Waals surface area (Å²) in [5, 5.41) is 3.38. The van der Waals surface area contributed by atoms with Gasteiger partial charge in [0.25, 0.3) is 0 Å². The molecule has 1 rings (SSSR count). The fourth-order valence-electron chi connectivity index (χ4n) is 1.99. The standard InChI is InChI=1S/C9H19N/c1-7-5-4-6-9(10-3)8(7)2/h7-10H,4-6H2,1-3H3/t7-,8-,9-/m1/s1. The summed E-state index contributed by atoms with van der Waals surface area (Å²) in [6.45, 7) is 4.74. The van der Waals surface area contributed by atoms with E-state index in [1.165, 1.54) is 19.3 Å². The van der Waals surface area contributed by atoms with E-state index < -0.39 is 0 Å². The van der Waals surface area contributed by atoms with E-state index in [0.717, 1.165) is 17.9 Å². The molecular formula is C9H19N. The van der Waals surface area contributed by atoms with Gasteiger partial charge in [0.2, 0.25) is 0 Å². The first-order valence-corrected chi connectivity index (χ1v) is 4.43. The van der Waals surface area contributed by atoms with Crippen molar-refractivity contribution >= 4 is 0 Å². The monoisotopic (exact) mass is 141 g/mol. The lowest BCUT2D eigenvalue weighted by atomic mass is 9.78. The molecule has 0 saturated heterocycles. The van der Waals surface area contributed by atoms with Crippen LogP contribution in [0, 0.1) is 11.8 Å². The molecule has 60 valence electrons. The first-order chi connectivity index (χ1) is 4.75. The fourth-order valence-corrected chi connectivity index (χ4v) is 1.99. The van der Waals surface area contributed by atoms with Crippen LogP contribution < -0.4 is 5.32 Å². The van der Waals surface area contributed by atoms with Gasteiger partial charge in [0.1, 0.15) is 0 Å². The van der Waals surface area contributed by atoms with Gasteiger partial charge in [0.05, 0.1) is 0 Å². The number of hydrogen-bond donors (Lipinski definition) is 1. The lowest BCUT2D eigenvalue weighted by molar-refractivity contribution is 0.215. The van der Waals surface area contributed by atoms with Crippen molar-refractivity contribution in [3.63, 3.8) is 0 Å². The zero-order chi connectivity index (χ0) is 7.56. The Kier molecular flexibility index (Phi) is 2.72. The van der Waals surface area contributed by atoms with Crippen molar-refractivity contribution in [2.75, 3.05) is 7.05 Å². The average Bonchev–Trinajstić information content (AvgIpc) is 1.95. The van der Waals surface area contributed by atoms with E-state index in [9.17, 15) is 0 Å². The Morgan fingerprint density at radius 2 is 1.90 bits per heavy atom. The molecule has 0 radical (unpaired) electrons. The first kappa shape index (κ1) is 8.06.